The summed E-state index contributed by atoms with van der Waals surface area (Å²) in [6.45, 7) is 6.57. The fourth-order valence-corrected chi connectivity index (χ4v) is 5.19. The van der Waals surface area contributed by atoms with E-state index in [1.165, 1.54) is 6.33 Å². The lowest BCUT2D eigenvalue weighted by molar-refractivity contribution is -0.126. The molecule has 196 valence electrons. The van der Waals surface area contributed by atoms with Gasteiger partial charge in [0.05, 0.1) is 19.3 Å². The molecule has 4 heterocycles. The van der Waals surface area contributed by atoms with Crippen LogP contribution in [0.25, 0.3) is 5.52 Å². The van der Waals surface area contributed by atoms with E-state index in [9.17, 15) is 9.90 Å². The third-order valence-corrected chi connectivity index (χ3v) is 7.27. The largest absolute Gasteiger partial charge is 0.395 e. The van der Waals surface area contributed by atoms with Crippen LogP contribution >= 0.6 is 0 Å². The first-order valence-corrected chi connectivity index (χ1v) is 12.9. The summed E-state index contributed by atoms with van der Waals surface area (Å²) in [5.41, 5.74) is 4.09. The van der Waals surface area contributed by atoms with Crippen molar-refractivity contribution >= 4 is 17.2 Å². The number of aromatic nitrogens is 3. The molecule has 2 aromatic heterocycles. The van der Waals surface area contributed by atoms with Crippen LogP contribution in [0.4, 0.5) is 5.82 Å². The summed E-state index contributed by atoms with van der Waals surface area (Å²) in [6, 6.07) is 9.53. The third-order valence-electron chi connectivity index (χ3n) is 7.27. The molecule has 1 saturated heterocycles. The molecule has 3 aromatic rings. The van der Waals surface area contributed by atoms with Gasteiger partial charge in [0.25, 0.3) is 0 Å². The zero-order valence-electron chi connectivity index (χ0n) is 21.0. The highest BCUT2D eigenvalue weighted by molar-refractivity contribution is 5.88. The summed E-state index contributed by atoms with van der Waals surface area (Å²) >= 11 is 0. The van der Waals surface area contributed by atoms with E-state index in [4.69, 9.17) is 5.11 Å². The number of nitrogens with one attached hydrogen (secondary N) is 1. The van der Waals surface area contributed by atoms with Crippen molar-refractivity contribution in [2.45, 2.75) is 19.0 Å². The highest BCUT2D eigenvalue weighted by Gasteiger charge is 2.25. The number of carbonyl (C=O) groups excluding carboxylic acids is 1. The summed E-state index contributed by atoms with van der Waals surface area (Å²) < 4.78 is 1.82. The fourth-order valence-electron chi connectivity index (χ4n) is 5.19. The van der Waals surface area contributed by atoms with E-state index >= 15 is 0 Å². The minimum absolute atomic E-state index is 0.0219. The lowest BCUT2D eigenvalue weighted by Crippen LogP contribution is -2.47. The second-order valence-corrected chi connectivity index (χ2v) is 9.60. The van der Waals surface area contributed by atoms with Crippen molar-refractivity contribution in [2.24, 2.45) is 0 Å². The summed E-state index contributed by atoms with van der Waals surface area (Å²) in [4.78, 5) is 23.9. The number of aliphatic hydroxyl groups excluding tert-OH is 2. The second-order valence-electron chi connectivity index (χ2n) is 9.60. The molecule has 0 unspecified atom stereocenters. The van der Waals surface area contributed by atoms with Gasteiger partial charge in [0, 0.05) is 64.6 Å². The Balaban J connectivity index is 1.23. The number of benzene rings is 1. The molecule has 10 heteroatoms. The van der Waals surface area contributed by atoms with Gasteiger partial charge >= 0.3 is 0 Å². The van der Waals surface area contributed by atoms with Crippen LogP contribution in [0.15, 0.2) is 55.0 Å². The van der Waals surface area contributed by atoms with E-state index in [0.29, 0.717) is 18.9 Å². The first-order valence-electron chi connectivity index (χ1n) is 12.9. The smallest absolute Gasteiger partial charge is 0.246 e. The molecule has 1 atom stereocenters. The second kappa shape index (κ2) is 11.8. The number of carbonyl (C=O) groups is 1. The number of aliphatic hydroxyl groups is 2. The maximum atomic E-state index is 12.9. The van der Waals surface area contributed by atoms with Gasteiger partial charge in [-0.2, -0.15) is 5.10 Å². The van der Waals surface area contributed by atoms with E-state index in [-0.39, 0.29) is 25.2 Å². The standard InChI is InChI=1S/C27H35N7O3/c35-16-15-32-13-11-31(12-14-32)9-4-7-25(37)33-10-8-23-22(17-33)18-34-26(23)27(28-20-29-34)30-24(19-36)21-5-2-1-3-6-21/h1-7,18,20,24,35-36H,8-17,19H2,(H,28,29,30)/b7-4+/t24-/m1/s1. The average Bonchev–Trinajstić information content (AvgIpc) is 3.32. The Morgan fingerprint density at radius 1 is 1.08 bits per heavy atom. The molecule has 37 heavy (non-hydrogen) atoms. The van der Waals surface area contributed by atoms with E-state index in [0.717, 1.165) is 67.9 Å². The molecule has 1 amide bonds. The predicted octanol–water partition coefficient (Wildman–Crippen LogP) is 0.926. The van der Waals surface area contributed by atoms with Crippen molar-refractivity contribution in [3.63, 3.8) is 0 Å². The lowest BCUT2D eigenvalue weighted by Gasteiger charge is -2.33. The minimum Gasteiger partial charge on any atom is -0.395 e. The topological polar surface area (TPSA) is 109 Å². The minimum atomic E-state index is -0.282. The number of anilines is 1. The van der Waals surface area contributed by atoms with Crippen molar-refractivity contribution in [3.05, 3.63) is 71.7 Å². The summed E-state index contributed by atoms with van der Waals surface area (Å²) in [5, 5.41) is 26.9. The summed E-state index contributed by atoms with van der Waals surface area (Å²) in [7, 11) is 0. The van der Waals surface area contributed by atoms with Crippen LogP contribution in [0.2, 0.25) is 0 Å². The Bertz CT molecular complexity index is 1220. The molecule has 10 nitrogen and oxygen atoms in total. The quantitative estimate of drug-likeness (QED) is 0.369. The summed E-state index contributed by atoms with van der Waals surface area (Å²) in [6.07, 6.45) is 7.86. The molecular formula is C27H35N7O3. The molecule has 0 bridgehead atoms. The first kappa shape index (κ1) is 25.3. The molecule has 1 aromatic carbocycles. The molecule has 1 fully saturated rings. The number of fused-ring (bicyclic) bond motifs is 3. The van der Waals surface area contributed by atoms with Gasteiger partial charge in [-0.15, -0.1) is 0 Å². The van der Waals surface area contributed by atoms with Crippen molar-refractivity contribution in [1.82, 2.24) is 29.3 Å². The maximum absolute atomic E-state index is 12.9. The Morgan fingerprint density at radius 3 is 2.62 bits per heavy atom. The van der Waals surface area contributed by atoms with Crippen LogP contribution in [0, 0.1) is 0 Å². The Labute approximate surface area is 216 Å². The molecule has 0 saturated carbocycles. The molecule has 0 aliphatic carbocycles. The predicted molar refractivity (Wildman–Crippen MR) is 141 cm³/mol. The van der Waals surface area contributed by atoms with Crippen LogP contribution < -0.4 is 5.32 Å². The molecule has 2 aliphatic rings. The van der Waals surface area contributed by atoms with E-state index in [1.54, 1.807) is 6.08 Å². The van der Waals surface area contributed by atoms with Gasteiger partial charge in [0.15, 0.2) is 5.82 Å². The maximum Gasteiger partial charge on any atom is 0.246 e. The van der Waals surface area contributed by atoms with E-state index in [1.807, 2.05) is 52.0 Å². The van der Waals surface area contributed by atoms with Crippen molar-refractivity contribution < 1.29 is 15.0 Å². The number of amides is 1. The SMILES string of the molecule is O=C(/C=C/CN1CCN(CCO)CC1)N1CCc2c(cn3ncnc(N[C@H](CO)c4ccccc4)c23)C1. The molecule has 2 aliphatic heterocycles. The Morgan fingerprint density at radius 2 is 1.86 bits per heavy atom. The fraction of sp³-hybridized carbons (Fsp3) is 0.444. The molecule has 5 rings (SSSR count). The monoisotopic (exact) mass is 505 g/mol. The van der Waals surface area contributed by atoms with Crippen LogP contribution in [-0.4, -0.2) is 104 Å². The molecule has 0 radical (unpaired) electrons. The third kappa shape index (κ3) is 5.83. The lowest BCUT2D eigenvalue weighted by atomic mass is 10.0. The molecular weight excluding hydrogens is 470 g/mol. The number of piperazine rings is 1. The number of rotatable bonds is 9. The Kier molecular flexibility index (Phi) is 8.10. The van der Waals surface area contributed by atoms with Crippen LogP contribution in [0.1, 0.15) is 22.7 Å². The van der Waals surface area contributed by atoms with Gasteiger partial charge in [-0.1, -0.05) is 36.4 Å². The van der Waals surface area contributed by atoms with Crippen LogP contribution in [0.3, 0.4) is 0 Å². The summed E-state index contributed by atoms with van der Waals surface area (Å²) in [5.74, 6) is 0.701. The highest BCUT2D eigenvalue weighted by atomic mass is 16.3. The van der Waals surface area contributed by atoms with Crippen molar-refractivity contribution in [1.29, 1.82) is 0 Å². The molecule has 0 spiro atoms. The van der Waals surface area contributed by atoms with Crippen LogP contribution in [0.5, 0.6) is 0 Å². The van der Waals surface area contributed by atoms with Gasteiger partial charge in [0.2, 0.25) is 5.91 Å². The zero-order chi connectivity index (χ0) is 25.6. The zero-order valence-corrected chi connectivity index (χ0v) is 21.0. The highest BCUT2D eigenvalue weighted by Crippen LogP contribution is 2.30. The Hall–Kier alpha value is -3.31. The van der Waals surface area contributed by atoms with Crippen molar-refractivity contribution in [2.75, 3.05) is 64.3 Å². The molecule has 3 N–H and O–H groups in total. The van der Waals surface area contributed by atoms with Gasteiger partial charge < -0.3 is 20.4 Å². The van der Waals surface area contributed by atoms with Crippen LogP contribution in [-0.2, 0) is 17.8 Å². The average molecular weight is 506 g/mol. The van der Waals surface area contributed by atoms with Gasteiger partial charge in [0.1, 0.15) is 11.8 Å². The number of nitrogens with zero attached hydrogens (tertiary/aromatic N) is 6. The van der Waals surface area contributed by atoms with E-state index in [2.05, 4.69) is 25.2 Å². The van der Waals surface area contributed by atoms with Gasteiger partial charge in [-0.25, -0.2) is 9.50 Å². The number of β-amino-alcohol motifs (C(OH)–C–C–N with tert-alkyl or cyclic N) is 1. The van der Waals surface area contributed by atoms with Gasteiger partial charge in [-0.3, -0.25) is 14.6 Å². The normalized spacial score (nSPS) is 17.8. The number of hydrogen-bond donors (Lipinski definition) is 3. The first-order chi connectivity index (χ1) is 18.2. The van der Waals surface area contributed by atoms with Crippen molar-refractivity contribution in [3.8, 4) is 0 Å². The number of hydrogen-bond acceptors (Lipinski definition) is 8. The van der Waals surface area contributed by atoms with E-state index < -0.39 is 0 Å². The van der Waals surface area contributed by atoms with Gasteiger partial charge in [-0.05, 0) is 23.1 Å².